The third kappa shape index (κ3) is 4.07. The summed E-state index contributed by atoms with van der Waals surface area (Å²) in [5.74, 6) is 0.0586. The number of amides is 1. The maximum atomic E-state index is 13.7. The molecule has 0 saturated heterocycles. The fraction of sp³-hybridized carbons (Fsp3) is 0.150. The number of rotatable bonds is 6. The van der Waals surface area contributed by atoms with Gasteiger partial charge in [0.2, 0.25) is 5.91 Å². The summed E-state index contributed by atoms with van der Waals surface area (Å²) in [6.07, 6.45) is 4.01. The van der Waals surface area contributed by atoms with Gasteiger partial charge in [-0.3, -0.25) is 4.79 Å². The first-order valence-corrected chi connectivity index (χ1v) is 7.98. The van der Waals surface area contributed by atoms with E-state index in [0.29, 0.717) is 0 Å². The molecule has 2 aromatic carbocycles. The molecule has 0 spiro atoms. The van der Waals surface area contributed by atoms with Crippen LogP contribution < -0.4 is 10.1 Å². The molecule has 1 aromatic heterocycles. The fourth-order valence-electron chi connectivity index (χ4n) is 2.72. The van der Waals surface area contributed by atoms with Gasteiger partial charge in [-0.25, -0.2) is 4.39 Å². The largest absolute Gasteiger partial charge is 0.497 e. The van der Waals surface area contributed by atoms with Crippen molar-refractivity contribution in [3.63, 3.8) is 0 Å². The van der Waals surface area contributed by atoms with Gasteiger partial charge < -0.3 is 14.6 Å². The topological polar surface area (TPSA) is 43.3 Å². The highest BCUT2D eigenvalue weighted by Crippen LogP contribution is 2.25. The number of aromatic nitrogens is 1. The van der Waals surface area contributed by atoms with Gasteiger partial charge in [-0.15, -0.1) is 0 Å². The number of anilines is 1. The van der Waals surface area contributed by atoms with Gasteiger partial charge in [0.15, 0.2) is 0 Å². The van der Waals surface area contributed by atoms with Crippen LogP contribution in [-0.2, 0) is 4.79 Å². The van der Waals surface area contributed by atoms with Crippen LogP contribution in [0.1, 0.15) is 18.0 Å². The van der Waals surface area contributed by atoms with Crippen molar-refractivity contribution in [3.05, 3.63) is 84.4 Å². The first kappa shape index (κ1) is 16.8. The number of benzene rings is 2. The van der Waals surface area contributed by atoms with Crippen LogP contribution in [0.25, 0.3) is 0 Å². The molecule has 0 fully saturated rings. The highest BCUT2D eigenvalue weighted by atomic mass is 19.1. The molecule has 0 aliphatic rings. The van der Waals surface area contributed by atoms with Crippen molar-refractivity contribution < 1.29 is 13.9 Å². The van der Waals surface area contributed by atoms with Crippen molar-refractivity contribution >= 4 is 11.6 Å². The number of halogens is 1. The number of carbonyl (C=O) groups is 1. The Morgan fingerprint density at radius 1 is 1.08 bits per heavy atom. The lowest BCUT2D eigenvalue weighted by Gasteiger charge is -2.20. The number of methoxy groups -OCH3 is 1. The minimum atomic E-state index is -0.446. The van der Waals surface area contributed by atoms with Crippen LogP contribution in [0.5, 0.6) is 5.75 Å². The quantitative estimate of drug-likeness (QED) is 0.730. The molecule has 3 aromatic rings. The van der Waals surface area contributed by atoms with Crippen LogP contribution in [0.3, 0.4) is 0 Å². The molecule has 1 heterocycles. The Labute approximate surface area is 145 Å². The van der Waals surface area contributed by atoms with Gasteiger partial charge in [-0.1, -0.05) is 24.3 Å². The third-order valence-electron chi connectivity index (χ3n) is 4.01. The molecular formula is C20H19FN2O2. The van der Waals surface area contributed by atoms with E-state index < -0.39 is 5.82 Å². The first-order valence-electron chi connectivity index (χ1n) is 7.98. The molecule has 4 nitrogen and oxygen atoms in total. The van der Waals surface area contributed by atoms with Crippen molar-refractivity contribution in [2.24, 2.45) is 0 Å². The van der Waals surface area contributed by atoms with Gasteiger partial charge in [0, 0.05) is 12.4 Å². The Bertz CT molecular complexity index is 829. The van der Waals surface area contributed by atoms with Crippen molar-refractivity contribution in [2.45, 2.75) is 12.5 Å². The molecule has 0 bridgehead atoms. The molecule has 1 atom stereocenters. The van der Waals surface area contributed by atoms with Crippen molar-refractivity contribution in [1.29, 1.82) is 0 Å². The molecule has 1 N–H and O–H groups in total. The minimum Gasteiger partial charge on any atom is -0.497 e. The van der Waals surface area contributed by atoms with E-state index in [4.69, 9.17) is 4.74 Å². The zero-order valence-electron chi connectivity index (χ0n) is 13.9. The number of hydrogen-bond donors (Lipinski definition) is 1. The van der Waals surface area contributed by atoms with E-state index in [1.54, 1.807) is 25.3 Å². The summed E-state index contributed by atoms with van der Waals surface area (Å²) in [4.78, 5) is 12.5. The van der Waals surface area contributed by atoms with E-state index in [-0.39, 0.29) is 24.1 Å². The predicted octanol–water partition coefficient (Wildman–Crippen LogP) is 4.25. The maximum absolute atomic E-state index is 13.7. The number of nitrogens with zero attached hydrogens (tertiary/aromatic N) is 1. The number of para-hydroxylation sites is 1. The molecule has 0 saturated carbocycles. The summed E-state index contributed by atoms with van der Waals surface area (Å²) in [7, 11) is 1.61. The molecule has 25 heavy (non-hydrogen) atoms. The number of carbonyl (C=O) groups excluding carboxylic acids is 1. The Morgan fingerprint density at radius 3 is 2.40 bits per heavy atom. The lowest BCUT2D eigenvalue weighted by atomic mass is 10.0. The molecular weight excluding hydrogens is 319 g/mol. The second-order valence-electron chi connectivity index (χ2n) is 5.65. The fourth-order valence-corrected chi connectivity index (χ4v) is 2.72. The first-order chi connectivity index (χ1) is 12.2. The average Bonchev–Trinajstić information content (AvgIpc) is 3.16. The molecule has 0 unspecified atom stereocenters. The predicted molar refractivity (Wildman–Crippen MR) is 95.2 cm³/mol. The lowest BCUT2D eigenvalue weighted by molar-refractivity contribution is -0.116. The Balaban J connectivity index is 1.80. The second-order valence-corrected chi connectivity index (χ2v) is 5.65. The molecule has 0 radical (unpaired) electrons. The van der Waals surface area contributed by atoms with Crippen LogP contribution in [0.4, 0.5) is 10.1 Å². The lowest BCUT2D eigenvalue weighted by Crippen LogP contribution is -2.20. The molecule has 3 rings (SSSR count). The van der Waals surface area contributed by atoms with Gasteiger partial charge in [-0.05, 0) is 42.0 Å². The number of nitrogens with one attached hydrogen (secondary N) is 1. The van der Waals surface area contributed by atoms with E-state index >= 15 is 0 Å². The highest BCUT2D eigenvalue weighted by Gasteiger charge is 2.18. The van der Waals surface area contributed by atoms with Crippen molar-refractivity contribution in [2.75, 3.05) is 12.4 Å². The number of hydrogen-bond acceptors (Lipinski definition) is 2. The minimum absolute atomic E-state index is 0.187. The van der Waals surface area contributed by atoms with Gasteiger partial charge >= 0.3 is 0 Å². The van der Waals surface area contributed by atoms with E-state index in [1.807, 2.05) is 53.4 Å². The Kier molecular flexibility index (Phi) is 5.14. The van der Waals surface area contributed by atoms with Crippen LogP contribution in [0, 0.1) is 5.82 Å². The standard InChI is InChI=1S/C20H19FN2O2/c1-25-16-10-8-15(9-11-16)19(23-12-4-5-13-23)14-20(24)22-18-7-3-2-6-17(18)21/h2-13,19H,14H2,1H3,(H,22,24)/t19-/m0/s1. The zero-order chi connectivity index (χ0) is 17.6. The Morgan fingerprint density at radius 2 is 1.76 bits per heavy atom. The van der Waals surface area contributed by atoms with E-state index in [0.717, 1.165) is 11.3 Å². The molecule has 1 amide bonds. The third-order valence-corrected chi connectivity index (χ3v) is 4.01. The van der Waals surface area contributed by atoms with E-state index in [9.17, 15) is 9.18 Å². The van der Waals surface area contributed by atoms with Gasteiger partial charge in [0.25, 0.3) is 0 Å². The van der Waals surface area contributed by atoms with Crippen molar-refractivity contribution in [1.82, 2.24) is 4.57 Å². The SMILES string of the molecule is COc1ccc([C@H](CC(=O)Nc2ccccc2F)n2cccc2)cc1. The number of ether oxygens (including phenoxy) is 1. The maximum Gasteiger partial charge on any atom is 0.226 e. The van der Waals surface area contributed by atoms with Crippen molar-refractivity contribution in [3.8, 4) is 5.75 Å². The van der Waals surface area contributed by atoms with Crippen LogP contribution >= 0.6 is 0 Å². The van der Waals surface area contributed by atoms with Gasteiger partial charge in [0.1, 0.15) is 11.6 Å². The normalized spacial score (nSPS) is 11.8. The molecule has 5 heteroatoms. The van der Waals surface area contributed by atoms with Crippen LogP contribution in [0.2, 0.25) is 0 Å². The molecule has 0 aliphatic heterocycles. The van der Waals surface area contributed by atoms with Crippen LogP contribution in [-0.4, -0.2) is 17.6 Å². The average molecular weight is 338 g/mol. The van der Waals surface area contributed by atoms with E-state index in [2.05, 4.69) is 5.32 Å². The smallest absolute Gasteiger partial charge is 0.226 e. The Hall–Kier alpha value is -3.08. The monoisotopic (exact) mass is 338 g/mol. The summed E-state index contributed by atoms with van der Waals surface area (Å²) < 4.78 is 20.9. The second kappa shape index (κ2) is 7.66. The zero-order valence-corrected chi connectivity index (χ0v) is 13.9. The molecule has 0 aliphatic carbocycles. The van der Waals surface area contributed by atoms with E-state index in [1.165, 1.54) is 6.07 Å². The summed E-state index contributed by atoms with van der Waals surface area (Å²) in [6.45, 7) is 0. The molecule has 128 valence electrons. The van der Waals surface area contributed by atoms with Gasteiger partial charge in [-0.2, -0.15) is 0 Å². The summed E-state index contributed by atoms with van der Waals surface area (Å²) in [6, 6.07) is 17.4. The van der Waals surface area contributed by atoms with Gasteiger partial charge in [0.05, 0.1) is 25.3 Å². The van der Waals surface area contributed by atoms with Crippen LogP contribution in [0.15, 0.2) is 73.1 Å². The summed E-state index contributed by atoms with van der Waals surface area (Å²) >= 11 is 0. The summed E-state index contributed by atoms with van der Waals surface area (Å²) in [5.41, 5.74) is 1.16. The highest BCUT2D eigenvalue weighted by molar-refractivity contribution is 5.91. The summed E-state index contributed by atoms with van der Waals surface area (Å²) in [5, 5.41) is 2.64.